The molecule has 1 heterocycles. The van der Waals surface area contributed by atoms with E-state index in [2.05, 4.69) is 4.90 Å². The van der Waals surface area contributed by atoms with Crippen LogP contribution < -0.4 is 4.90 Å². The number of alkyl halides is 3. The highest BCUT2D eigenvalue weighted by Gasteiger charge is 2.61. The number of carbonyl (C=O) groups excluding carboxylic acids is 2. The van der Waals surface area contributed by atoms with Gasteiger partial charge in [0.05, 0.1) is 10.6 Å². The normalized spacial score (nSPS) is 16.2. The van der Waals surface area contributed by atoms with Gasteiger partial charge in [-0.1, -0.05) is 41.9 Å². The van der Waals surface area contributed by atoms with Crippen molar-refractivity contribution in [3.63, 3.8) is 0 Å². The van der Waals surface area contributed by atoms with E-state index in [1.807, 2.05) is 26.0 Å². The molecule has 2 aromatic rings. The second-order valence-corrected chi connectivity index (χ2v) is 11.0. The number of nitrogens with zero attached hydrogens (tertiary/aromatic N) is 3. The molecule has 1 atom stereocenters. The number of benzene rings is 2. The van der Waals surface area contributed by atoms with Gasteiger partial charge < -0.3 is 19.8 Å². The van der Waals surface area contributed by atoms with Gasteiger partial charge in [-0.2, -0.15) is 13.2 Å². The van der Waals surface area contributed by atoms with Gasteiger partial charge in [-0.25, -0.2) is 0 Å². The monoisotopic (exact) mass is 567 g/mol. The minimum atomic E-state index is -5.15. The summed E-state index contributed by atoms with van der Waals surface area (Å²) < 4.78 is 41.4. The lowest BCUT2D eigenvalue weighted by atomic mass is 9.90. The number of rotatable bonds is 9. The molecule has 2 aromatic carbocycles. The second kappa shape index (κ2) is 12.6. The highest BCUT2D eigenvalue weighted by molar-refractivity contribution is 6.34. The van der Waals surface area contributed by atoms with Crippen LogP contribution in [0.2, 0.25) is 5.02 Å². The van der Waals surface area contributed by atoms with Gasteiger partial charge in [-0.3, -0.25) is 9.59 Å². The molecule has 0 spiro atoms. The van der Waals surface area contributed by atoms with Gasteiger partial charge in [0.1, 0.15) is 0 Å². The Morgan fingerprint density at radius 3 is 2.23 bits per heavy atom. The zero-order valence-corrected chi connectivity index (χ0v) is 23.6. The van der Waals surface area contributed by atoms with E-state index in [0.29, 0.717) is 22.9 Å². The maximum absolute atomic E-state index is 13.8. The Labute approximate surface area is 233 Å². The summed E-state index contributed by atoms with van der Waals surface area (Å²) in [5.41, 5.74) is -2.67. The van der Waals surface area contributed by atoms with Gasteiger partial charge >= 0.3 is 6.18 Å². The SMILES string of the molecule is CC(C)N(C)C(=O)c1ccc(N2CCC(CCCN(C)C(=O)C(O)(c3ccccc3)C(F)(F)F)CC2)cc1Cl. The van der Waals surface area contributed by atoms with Crippen molar-refractivity contribution in [2.45, 2.75) is 57.3 Å². The summed E-state index contributed by atoms with van der Waals surface area (Å²) in [7, 11) is 3.04. The molecule has 1 saturated heterocycles. The topological polar surface area (TPSA) is 64.1 Å². The van der Waals surface area contributed by atoms with Crippen LogP contribution in [0.4, 0.5) is 18.9 Å². The lowest BCUT2D eigenvalue weighted by Crippen LogP contribution is -2.55. The molecule has 214 valence electrons. The number of aliphatic hydroxyl groups is 1. The van der Waals surface area contributed by atoms with Crippen LogP contribution >= 0.6 is 11.6 Å². The third-order valence-corrected chi connectivity index (χ3v) is 7.93. The Bertz CT molecular complexity index is 1140. The molecule has 1 fully saturated rings. The van der Waals surface area contributed by atoms with Crippen LogP contribution in [-0.4, -0.2) is 72.7 Å². The highest BCUT2D eigenvalue weighted by atomic mass is 35.5. The van der Waals surface area contributed by atoms with Crippen molar-refractivity contribution in [1.82, 2.24) is 9.80 Å². The summed E-state index contributed by atoms with van der Waals surface area (Å²) >= 11 is 6.45. The molecule has 2 amide bonds. The van der Waals surface area contributed by atoms with Crippen LogP contribution in [0.1, 0.15) is 55.5 Å². The second-order valence-electron chi connectivity index (χ2n) is 10.5. The van der Waals surface area contributed by atoms with Crippen molar-refractivity contribution in [2.24, 2.45) is 5.92 Å². The van der Waals surface area contributed by atoms with Crippen LogP contribution in [-0.2, 0) is 10.4 Å². The standard InChI is InChI=1S/C29H37ClF3N3O3/c1-20(2)35(4)26(37)24-13-12-23(19-25(24)30)36-17-14-21(15-18-36)9-8-16-34(3)27(38)28(39,29(31,32)33)22-10-6-5-7-11-22/h5-7,10-13,19-21,39H,8-9,14-18H2,1-4H3. The first-order valence-electron chi connectivity index (χ1n) is 13.2. The summed E-state index contributed by atoms with van der Waals surface area (Å²) in [5, 5.41) is 10.9. The molecule has 0 bridgehead atoms. The zero-order valence-electron chi connectivity index (χ0n) is 22.8. The first-order chi connectivity index (χ1) is 18.3. The van der Waals surface area contributed by atoms with E-state index in [0.717, 1.165) is 55.1 Å². The molecule has 0 aliphatic carbocycles. The van der Waals surface area contributed by atoms with Crippen LogP contribution in [0.5, 0.6) is 0 Å². The van der Waals surface area contributed by atoms with Gasteiger partial charge in [0, 0.05) is 51.0 Å². The Morgan fingerprint density at radius 1 is 1.08 bits per heavy atom. The maximum atomic E-state index is 13.8. The van der Waals surface area contributed by atoms with E-state index in [9.17, 15) is 27.9 Å². The van der Waals surface area contributed by atoms with Crippen LogP contribution in [0.3, 0.4) is 0 Å². The van der Waals surface area contributed by atoms with Gasteiger partial charge in [-0.05, 0) is 63.6 Å². The van der Waals surface area contributed by atoms with Crippen molar-refractivity contribution in [3.05, 3.63) is 64.7 Å². The Balaban J connectivity index is 1.52. The molecule has 1 unspecified atom stereocenters. The molecule has 0 aromatic heterocycles. The molecular formula is C29H37ClF3N3O3. The third-order valence-electron chi connectivity index (χ3n) is 7.62. The number of hydrogen-bond donors (Lipinski definition) is 1. The summed E-state index contributed by atoms with van der Waals surface area (Å²) in [6, 6.07) is 12.0. The summed E-state index contributed by atoms with van der Waals surface area (Å²) in [5.74, 6) is -1.13. The fraction of sp³-hybridized carbons (Fsp3) is 0.517. The molecule has 6 nitrogen and oxygen atoms in total. The quantitative estimate of drug-likeness (QED) is 0.421. The molecule has 1 aliphatic rings. The van der Waals surface area contributed by atoms with Gasteiger partial charge in [0.2, 0.25) is 0 Å². The van der Waals surface area contributed by atoms with Crippen molar-refractivity contribution in [1.29, 1.82) is 0 Å². The van der Waals surface area contributed by atoms with Crippen LogP contribution in [0.25, 0.3) is 0 Å². The first-order valence-corrected chi connectivity index (χ1v) is 13.6. The fourth-order valence-corrected chi connectivity index (χ4v) is 5.12. The zero-order chi connectivity index (χ0) is 29.0. The largest absolute Gasteiger partial charge is 0.430 e. The number of hydrogen-bond acceptors (Lipinski definition) is 4. The van der Waals surface area contributed by atoms with Crippen molar-refractivity contribution < 1.29 is 27.9 Å². The van der Waals surface area contributed by atoms with E-state index in [4.69, 9.17) is 11.6 Å². The number of amides is 2. The molecule has 0 saturated carbocycles. The van der Waals surface area contributed by atoms with E-state index < -0.39 is 23.2 Å². The summed E-state index contributed by atoms with van der Waals surface area (Å²) in [6.45, 7) is 5.56. The smallest absolute Gasteiger partial charge is 0.371 e. The number of carbonyl (C=O) groups is 2. The number of halogens is 4. The number of likely N-dealkylation sites (N-methyl/N-ethyl adjacent to an activating group) is 1. The maximum Gasteiger partial charge on any atom is 0.430 e. The highest BCUT2D eigenvalue weighted by Crippen LogP contribution is 2.40. The molecule has 3 rings (SSSR count). The molecule has 10 heteroatoms. The van der Waals surface area contributed by atoms with E-state index in [1.165, 1.54) is 25.2 Å². The van der Waals surface area contributed by atoms with Crippen LogP contribution in [0.15, 0.2) is 48.5 Å². The average Bonchev–Trinajstić information content (AvgIpc) is 2.91. The first kappa shape index (κ1) is 30.8. The van der Waals surface area contributed by atoms with E-state index in [1.54, 1.807) is 18.0 Å². The molecule has 39 heavy (non-hydrogen) atoms. The molecule has 0 radical (unpaired) electrons. The Hall–Kier alpha value is -2.78. The van der Waals surface area contributed by atoms with Crippen molar-refractivity contribution in [2.75, 3.05) is 38.6 Å². The van der Waals surface area contributed by atoms with E-state index in [-0.39, 0.29) is 18.5 Å². The number of anilines is 1. The van der Waals surface area contributed by atoms with E-state index >= 15 is 0 Å². The predicted molar refractivity (Wildman–Crippen MR) is 147 cm³/mol. The van der Waals surface area contributed by atoms with Crippen molar-refractivity contribution >= 4 is 29.1 Å². The third kappa shape index (κ3) is 6.87. The molecule has 1 N–H and O–H groups in total. The minimum absolute atomic E-state index is 0.0601. The van der Waals surface area contributed by atoms with Crippen molar-refractivity contribution in [3.8, 4) is 0 Å². The Morgan fingerprint density at radius 2 is 1.69 bits per heavy atom. The fourth-order valence-electron chi connectivity index (χ4n) is 4.86. The predicted octanol–water partition coefficient (Wildman–Crippen LogP) is 5.73. The molecular weight excluding hydrogens is 531 g/mol. The Kier molecular flexibility index (Phi) is 9.93. The summed E-state index contributed by atoms with van der Waals surface area (Å²) in [4.78, 5) is 30.2. The van der Waals surface area contributed by atoms with Gasteiger partial charge in [0.15, 0.2) is 0 Å². The average molecular weight is 568 g/mol. The lowest BCUT2D eigenvalue weighted by molar-refractivity contribution is -0.261. The number of piperidine rings is 1. The minimum Gasteiger partial charge on any atom is -0.371 e. The molecule has 1 aliphatic heterocycles. The van der Waals surface area contributed by atoms with Gasteiger partial charge in [0.25, 0.3) is 17.4 Å². The lowest BCUT2D eigenvalue weighted by Gasteiger charge is -2.35. The van der Waals surface area contributed by atoms with Gasteiger partial charge in [-0.15, -0.1) is 0 Å². The summed E-state index contributed by atoms with van der Waals surface area (Å²) in [6.07, 6.45) is -2.07. The van der Waals surface area contributed by atoms with Crippen LogP contribution in [0, 0.1) is 5.92 Å².